The summed E-state index contributed by atoms with van der Waals surface area (Å²) in [6, 6.07) is 6.18. The van der Waals surface area contributed by atoms with Crippen LogP contribution in [0.15, 0.2) is 35.0 Å². The third-order valence-electron chi connectivity index (χ3n) is 3.24. The first-order valence-corrected chi connectivity index (χ1v) is 5.87. The Bertz CT molecular complexity index is 555. The number of aliphatic imine (C=N–C) groups is 1. The number of fused-ring (bicyclic) bond motifs is 1. The van der Waals surface area contributed by atoms with Crippen molar-refractivity contribution in [1.82, 2.24) is 0 Å². The predicted molar refractivity (Wildman–Crippen MR) is 64.9 cm³/mol. The van der Waals surface area contributed by atoms with Gasteiger partial charge in [-0.1, -0.05) is 12.1 Å². The number of cyclic esters (lactones) is 1. The average Bonchev–Trinajstić information content (AvgIpc) is 2.93. The van der Waals surface area contributed by atoms with E-state index in [0.717, 1.165) is 18.4 Å². The van der Waals surface area contributed by atoms with Gasteiger partial charge in [0.25, 0.3) is 0 Å². The summed E-state index contributed by atoms with van der Waals surface area (Å²) in [5, 5.41) is 0. The molecule has 0 radical (unpaired) electrons. The fourth-order valence-corrected chi connectivity index (χ4v) is 2.33. The van der Waals surface area contributed by atoms with E-state index < -0.39 is 0 Å². The van der Waals surface area contributed by atoms with Gasteiger partial charge >= 0.3 is 5.97 Å². The molecule has 0 aromatic heterocycles. The number of benzene rings is 1. The molecule has 0 spiro atoms. The van der Waals surface area contributed by atoms with E-state index in [-0.39, 0.29) is 5.97 Å². The maximum atomic E-state index is 11.4. The molecule has 3 nitrogen and oxygen atoms in total. The van der Waals surface area contributed by atoms with E-state index in [2.05, 4.69) is 17.1 Å². The normalized spacial score (nSPS) is 20.4. The summed E-state index contributed by atoms with van der Waals surface area (Å²) in [5.74, 6) is 0.0702. The second-order valence-corrected chi connectivity index (χ2v) is 4.32. The summed E-state index contributed by atoms with van der Waals surface area (Å²) in [5.41, 5.74) is 4.05. The molecule has 0 N–H and O–H groups in total. The summed E-state index contributed by atoms with van der Waals surface area (Å²) in [6.07, 6.45) is 5.15. The molecule has 1 aromatic carbocycles. The van der Waals surface area contributed by atoms with Gasteiger partial charge in [0.2, 0.25) is 5.90 Å². The minimum Gasteiger partial charge on any atom is -0.402 e. The number of nitrogens with zero attached hydrogens (tertiary/aromatic N) is 1. The molecule has 0 amide bonds. The minimum atomic E-state index is -0.358. The Balaban J connectivity index is 1.98. The standard InChI is InChI=1S/C14H13NO2/c1-2-12-14(16)17-13(15-12)11-7-6-9-4-3-5-10(9)8-11/h2,6-8H,3-5H2,1H3/b12-2+. The number of carbonyl (C=O) groups is 1. The number of rotatable bonds is 1. The van der Waals surface area contributed by atoms with Crippen LogP contribution in [0.25, 0.3) is 0 Å². The molecule has 17 heavy (non-hydrogen) atoms. The number of hydrogen-bond acceptors (Lipinski definition) is 3. The number of aryl methyl sites for hydroxylation is 2. The van der Waals surface area contributed by atoms with Crippen LogP contribution in [-0.2, 0) is 22.4 Å². The fourth-order valence-electron chi connectivity index (χ4n) is 2.33. The molecule has 2 aliphatic rings. The lowest BCUT2D eigenvalue weighted by Gasteiger charge is -2.03. The van der Waals surface area contributed by atoms with Crippen LogP contribution in [0.1, 0.15) is 30.0 Å². The minimum absolute atomic E-state index is 0.358. The van der Waals surface area contributed by atoms with Gasteiger partial charge in [-0.2, -0.15) is 0 Å². The molecule has 0 fully saturated rings. The molecule has 1 aliphatic heterocycles. The topological polar surface area (TPSA) is 38.7 Å². The van der Waals surface area contributed by atoms with Gasteiger partial charge in [-0.05, 0) is 49.4 Å². The van der Waals surface area contributed by atoms with E-state index >= 15 is 0 Å². The molecule has 0 atom stereocenters. The second-order valence-electron chi connectivity index (χ2n) is 4.32. The summed E-state index contributed by atoms with van der Waals surface area (Å²) in [7, 11) is 0. The monoisotopic (exact) mass is 227 g/mol. The van der Waals surface area contributed by atoms with Gasteiger partial charge in [0, 0.05) is 5.56 Å². The van der Waals surface area contributed by atoms with E-state index in [4.69, 9.17) is 4.74 Å². The van der Waals surface area contributed by atoms with Crippen molar-refractivity contribution in [3.05, 3.63) is 46.7 Å². The zero-order chi connectivity index (χ0) is 11.8. The Morgan fingerprint density at radius 3 is 2.88 bits per heavy atom. The lowest BCUT2D eigenvalue weighted by atomic mass is 10.1. The van der Waals surface area contributed by atoms with Crippen molar-refractivity contribution in [2.75, 3.05) is 0 Å². The lowest BCUT2D eigenvalue weighted by Crippen LogP contribution is -2.05. The van der Waals surface area contributed by atoms with Crippen molar-refractivity contribution in [2.24, 2.45) is 4.99 Å². The molecule has 0 saturated heterocycles. The Morgan fingerprint density at radius 2 is 2.12 bits per heavy atom. The highest BCUT2D eigenvalue weighted by Gasteiger charge is 2.24. The summed E-state index contributed by atoms with van der Waals surface area (Å²) in [6.45, 7) is 1.78. The third-order valence-corrected chi connectivity index (χ3v) is 3.24. The van der Waals surface area contributed by atoms with Crippen molar-refractivity contribution in [3.8, 4) is 0 Å². The molecule has 86 valence electrons. The van der Waals surface area contributed by atoms with E-state index in [0.29, 0.717) is 11.6 Å². The Labute approximate surface area is 99.8 Å². The second kappa shape index (κ2) is 3.84. The summed E-state index contributed by atoms with van der Waals surface area (Å²) < 4.78 is 5.15. The van der Waals surface area contributed by atoms with Gasteiger partial charge in [-0.3, -0.25) is 0 Å². The zero-order valence-corrected chi connectivity index (χ0v) is 9.69. The first-order chi connectivity index (χ1) is 8.28. The molecule has 1 aliphatic carbocycles. The van der Waals surface area contributed by atoms with Gasteiger partial charge in [0.15, 0.2) is 0 Å². The Kier molecular flexibility index (Phi) is 2.32. The quantitative estimate of drug-likeness (QED) is 0.545. The molecule has 0 saturated carbocycles. The van der Waals surface area contributed by atoms with Crippen LogP contribution in [-0.4, -0.2) is 11.9 Å². The number of carbonyl (C=O) groups excluding carboxylic acids is 1. The number of hydrogen-bond donors (Lipinski definition) is 0. The van der Waals surface area contributed by atoms with Gasteiger partial charge in [0.1, 0.15) is 5.70 Å². The number of ether oxygens (including phenoxy) is 1. The van der Waals surface area contributed by atoms with Crippen LogP contribution in [0.4, 0.5) is 0 Å². The molecule has 3 heteroatoms. The first-order valence-electron chi connectivity index (χ1n) is 5.87. The smallest absolute Gasteiger partial charge is 0.363 e. The van der Waals surface area contributed by atoms with Gasteiger partial charge in [0.05, 0.1) is 0 Å². The Hall–Kier alpha value is -1.90. The van der Waals surface area contributed by atoms with Crippen LogP contribution in [0.2, 0.25) is 0 Å². The highest BCUT2D eigenvalue weighted by molar-refractivity contribution is 6.11. The molecule has 1 aromatic rings. The van der Waals surface area contributed by atoms with Crippen molar-refractivity contribution in [1.29, 1.82) is 0 Å². The van der Waals surface area contributed by atoms with Crippen molar-refractivity contribution in [2.45, 2.75) is 26.2 Å². The van der Waals surface area contributed by atoms with Gasteiger partial charge < -0.3 is 4.74 Å². The van der Waals surface area contributed by atoms with Crippen molar-refractivity contribution in [3.63, 3.8) is 0 Å². The maximum absolute atomic E-state index is 11.4. The first kappa shape index (κ1) is 10.3. The van der Waals surface area contributed by atoms with E-state index in [9.17, 15) is 4.79 Å². The van der Waals surface area contributed by atoms with E-state index in [1.807, 2.05) is 6.07 Å². The highest BCUT2D eigenvalue weighted by atomic mass is 16.6. The van der Waals surface area contributed by atoms with E-state index in [1.165, 1.54) is 17.5 Å². The number of allylic oxidation sites excluding steroid dienone is 1. The SMILES string of the molecule is C/C=C1/N=C(c2ccc3c(c2)CCC3)OC1=O. The van der Waals surface area contributed by atoms with Crippen molar-refractivity contribution >= 4 is 11.9 Å². The zero-order valence-electron chi connectivity index (χ0n) is 9.69. The summed E-state index contributed by atoms with van der Waals surface area (Å²) in [4.78, 5) is 15.6. The molecule has 1 heterocycles. The third kappa shape index (κ3) is 1.68. The van der Waals surface area contributed by atoms with Crippen LogP contribution in [0, 0.1) is 0 Å². The molecular weight excluding hydrogens is 214 g/mol. The van der Waals surface area contributed by atoms with Crippen LogP contribution >= 0.6 is 0 Å². The van der Waals surface area contributed by atoms with E-state index in [1.54, 1.807) is 13.0 Å². The summed E-state index contributed by atoms with van der Waals surface area (Å²) >= 11 is 0. The largest absolute Gasteiger partial charge is 0.402 e. The molecule has 3 rings (SSSR count). The van der Waals surface area contributed by atoms with Crippen LogP contribution < -0.4 is 0 Å². The van der Waals surface area contributed by atoms with Crippen LogP contribution in [0.5, 0.6) is 0 Å². The predicted octanol–water partition coefficient (Wildman–Crippen LogP) is 2.38. The van der Waals surface area contributed by atoms with Crippen molar-refractivity contribution < 1.29 is 9.53 Å². The lowest BCUT2D eigenvalue weighted by molar-refractivity contribution is -0.130. The maximum Gasteiger partial charge on any atom is 0.363 e. The van der Waals surface area contributed by atoms with Gasteiger partial charge in [-0.25, -0.2) is 9.79 Å². The average molecular weight is 227 g/mol. The Morgan fingerprint density at radius 1 is 1.29 bits per heavy atom. The molecule has 0 unspecified atom stereocenters. The number of esters is 1. The highest BCUT2D eigenvalue weighted by Crippen LogP contribution is 2.25. The molecule has 0 bridgehead atoms. The van der Waals surface area contributed by atoms with Gasteiger partial charge in [-0.15, -0.1) is 0 Å². The molecular formula is C14H13NO2. The fraction of sp³-hybridized carbons (Fsp3) is 0.286. The van der Waals surface area contributed by atoms with Crippen LogP contribution in [0.3, 0.4) is 0 Å².